The van der Waals surface area contributed by atoms with Crippen LogP contribution in [0.5, 0.6) is 0 Å². The standard InChI is InChI=1S/C12H17N3O/c1-10-11(9-13-16)5-6-12(14-10)15-7-3-2-4-8-15/h5-6,9,16H,2-4,7-8H2,1H3/b13-9+. The van der Waals surface area contributed by atoms with Crippen molar-refractivity contribution < 1.29 is 5.21 Å². The molecule has 0 saturated carbocycles. The van der Waals surface area contributed by atoms with E-state index in [1.165, 1.54) is 25.5 Å². The summed E-state index contributed by atoms with van der Waals surface area (Å²) in [7, 11) is 0. The van der Waals surface area contributed by atoms with E-state index in [1.807, 2.05) is 19.1 Å². The van der Waals surface area contributed by atoms with Crippen molar-refractivity contribution in [1.82, 2.24) is 4.98 Å². The molecule has 2 heterocycles. The molecule has 1 aromatic heterocycles. The highest BCUT2D eigenvalue weighted by Gasteiger charge is 2.12. The van der Waals surface area contributed by atoms with Crippen molar-refractivity contribution in [3.63, 3.8) is 0 Å². The van der Waals surface area contributed by atoms with Crippen LogP contribution in [0.15, 0.2) is 17.3 Å². The number of aromatic nitrogens is 1. The molecule has 4 nitrogen and oxygen atoms in total. The molecule has 86 valence electrons. The molecule has 0 amide bonds. The van der Waals surface area contributed by atoms with Crippen LogP contribution < -0.4 is 4.90 Å². The van der Waals surface area contributed by atoms with Crippen LogP contribution in [-0.4, -0.2) is 29.5 Å². The van der Waals surface area contributed by atoms with Gasteiger partial charge in [-0.25, -0.2) is 4.98 Å². The predicted octanol–water partition coefficient (Wildman–Crippen LogP) is 2.19. The van der Waals surface area contributed by atoms with E-state index < -0.39 is 0 Å². The predicted molar refractivity (Wildman–Crippen MR) is 64.4 cm³/mol. The minimum Gasteiger partial charge on any atom is -0.411 e. The van der Waals surface area contributed by atoms with Gasteiger partial charge in [0.15, 0.2) is 0 Å². The third-order valence-corrected chi connectivity index (χ3v) is 2.99. The van der Waals surface area contributed by atoms with Crippen molar-refractivity contribution >= 4 is 12.0 Å². The van der Waals surface area contributed by atoms with Crippen molar-refractivity contribution in [3.8, 4) is 0 Å². The van der Waals surface area contributed by atoms with Crippen molar-refractivity contribution in [2.45, 2.75) is 26.2 Å². The van der Waals surface area contributed by atoms with Gasteiger partial charge in [-0.3, -0.25) is 0 Å². The summed E-state index contributed by atoms with van der Waals surface area (Å²) in [6.07, 6.45) is 5.24. The number of hydrogen-bond donors (Lipinski definition) is 1. The average molecular weight is 219 g/mol. The molecule has 0 bridgehead atoms. The Balaban J connectivity index is 2.19. The van der Waals surface area contributed by atoms with E-state index in [-0.39, 0.29) is 0 Å². The second kappa shape index (κ2) is 4.96. The third-order valence-electron chi connectivity index (χ3n) is 2.99. The highest BCUT2D eigenvalue weighted by Crippen LogP contribution is 2.18. The zero-order valence-corrected chi connectivity index (χ0v) is 9.56. The van der Waals surface area contributed by atoms with Gasteiger partial charge in [0.05, 0.1) is 6.21 Å². The van der Waals surface area contributed by atoms with Crippen molar-refractivity contribution in [1.29, 1.82) is 0 Å². The maximum Gasteiger partial charge on any atom is 0.128 e. The third kappa shape index (κ3) is 2.32. The number of anilines is 1. The van der Waals surface area contributed by atoms with E-state index in [0.717, 1.165) is 30.2 Å². The van der Waals surface area contributed by atoms with Crippen molar-refractivity contribution in [2.75, 3.05) is 18.0 Å². The highest BCUT2D eigenvalue weighted by molar-refractivity contribution is 5.80. The van der Waals surface area contributed by atoms with Gasteiger partial charge in [-0.05, 0) is 38.3 Å². The Morgan fingerprint density at radius 3 is 2.69 bits per heavy atom. The van der Waals surface area contributed by atoms with E-state index in [9.17, 15) is 0 Å². The largest absolute Gasteiger partial charge is 0.411 e. The quantitative estimate of drug-likeness (QED) is 0.471. The Morgan fingerprint density at radius 2 is 2.06 bits per heavy atom. The Bertz CT molecular complexity index is 384. The monoisotopic (exact) mass is 219 g/mol. The van der Waals surface area contributed by atoms with Gasteiger partial charge in [0, 0.05) is 24.3 Å². The minimum absolute atomic E-state index is 0.864. The van der Waals surface area contributed by atoms with Gasteiger partial charge >= 0.3 is 0 Å². The molecule has 4 heteroatoms. The highest BCUT2D eigenvalue weighted by atomic mass is 16.4. The number of nitrogens with zero attached hydrogens (tertiary/aromatic N) is 3. The van der Waals surface area contributed by atoms with Gasteiger partial charge in [0.1, 0.15) is 5.82 Å². The van der Waals surface area contributed by atoms with Crippen LogP contribution in [0.25, 0.3) is 0 Å². The number of aryl methyl sites for hydroxylation is 1. The molecule has 1 aliphatic heterocycles. The summed E-state index contributed by atoms with van der Waals surface area (Å²) in [6.45, 7) is 4.13. The van der Waals surface area contributed by atoms with Crippen LogP contribution in [0, 0.1) is 6.92 Å². The van der Waals surface area contributed by atoms with E-state index in [0.29, 0.717) is 0 Å². The lowest BCUT2D eigenvalue weighted by atomic mass is 10.1. The van der Waals surface area contributed by atoms with E-state index >= 15 is 0 Å². The molecular weight excluding hydrogens is 202 g/mol. The average Bonchev–Trinajstić information content (AvgIpc) is 2.33. The van der Waals surface area contributed by atoms with E-state index in [2.05, 4.69) is 15.0 Å². The molecular formula is C12H17N3O. The topological polar surface area (TPSA) is 48.7 Å². The first-order chi connectivity index (χ1) is 7.81. The summed E-state index contributed by atoms with van der Waals surface area (Å²) >= 11 is 0. The Labute approximate surface area is 95.6 Å². The number of pyridine rings is 1. The smallest absolute Gasteiger partial charge is 0.128 e. The van der Waals surface area contributed by atoms with Gasteiger partial charge in [-0.15, -0.1) is 0 Å². The van der Waals surface area contributed by atoms with Crippen LogP contribution in [0.3, 0.4) is 0 Å². The summed E-state index contributed by atoms with van der Waals surface area (Å²) in [6, 6.07) is 3.95. The molecule has 0 atom stereocenters. The number of piperidine rings is 1. The van der Waals surface area contributed by atoms with Gasteiger partial charge in [0.25, 0.3) is 0 Å². The first-order valence-electron chi connectivity index (χ1n) is 5.71. The summed E-state index contributed by atoms with van der Waals surface area (Å²) < 4.78 is 0. The fourth-order valence-electron chi connectivity index (χ4n) is 2.06. The van der Waals surface area contributed by atoms with Gasteiger partial charge in [-0.2, -0.15) is 0 Å². The van der Waals surface area contributed by atoms with Crippen molar-refractivity contribution in [2.24, 2.45) is 5.16 Å². The minimum atomic E-state index is 0.864. The number of rotatable bonds is 2. The summed E-state index contributed by atoms with van der Waals surface area (Å²) in [4.78, 5) is 6.85. The van der Waals surface area contributed by atoms with Crippen LogP contribution >= 0.6 is 0 Å². The molecule has 0 aromatic carbocycles. The summed E-state index contributed by atoms with van der Waals surface area (Å²) in [5.74, 6) is 1.03. The lowest BCUT2D eigenvalue weighted by Crippen LogP contribution is -2.30. The molecule has 0 radical (unpaired) electrons. The molecule has 0 spiro atoms. The molecule has 2 rings (SSSR count). The lowest BCUT2D eigenvalue weighted by Gasteiger charge is -2.28. The second-order valence-electron chi connectivity index (χ2n) is 4.14. The molecule has 1 N–H and O–H groups in total. The van der Waals surface area contributed by atoms with Crippen LogP contribution in [0.4, 0.5) is 5.82 Å². The molecule has 0 unspecified atom stereocenters. The van der Waals surface area contributed by atoms with Crippen LogP contribution in [-0.2, 0) is 0 Å². The molecule has 1 aromatic rings. The SMILES string of the molecule is Cc1nc(N2CCCCC2)ccc1/C=N/O. The fraction of sp³-hybridized carbons (Fsp3) is 0.500. The number of oxime groups is 1. The Morgan fingerprint density at radius 1 is 1.31 bits per heavy atom. The van der Waals surface area contributed by atoms with E-state index in [1.54, 1.807) is 0 Å². The lowest BCUT2D eigenvalue weighted by molar-refractivity contribution is 0.322. The maximum atomic E-state index is 8.49. The maximum absolute atomic E-state index is 8.49. The van der Waals surface area contributed by atoms with Gasteiger partial charge < -0.3 is 10.1 Å². The zero-order chi connectivity index (χ0) is 11.4. The second-order valence-corrected chi connectivity index (χ2v) is 4.14. The van der Waals surface area contributed by atoms with Crippen LogP contribution in [0.2, 0.25) is 0 Å². The number of hydrogen-bond acceptors (Lipinski definition) is 4. The van der Waals surface area contributed by atoms with Gasteiger partial charge in [-0.1, -0.05) is 5.16 Å². The fourth-order valence-corrected chi connectivity index (χ4v) is 2.06. The Kier molecular flexibility index (Phi) is 3.39. The molecule has 1 fully saturated rings. The molecule has 1 aliphatic rings. The molecule has 0 aliphatic carbocycles. The van der Waals surface area contributed by atoms with Gasteiger partial charge in [0.2, 0.25) is 0 Å². The Hall–Kier alpha value is -1.58. The molecule has 16 heavy (non-hydrogen) atoms. The first kappa shape index (κ1) is 10.9. The molecule has 1 saturated heterocycles. The summed E-state index contributed by atoms with van der Waals surface area (Å²) in [5.41, 5.74) is 1.77. The van der Waals surface area contributed by atoms with E-state index in [4.69, 9.17) is 5.21 Å². The van der Waals surface area contributed by atoms with Crippen LogP contribution in [0.1, 0.15) is 30.5 Å². The summed E-state index contributed by atoms with van der Waals surface area (Å²) in [5, 5.41) is 11.5. The zero-order valence-electron chi connectivity index (χ0n) is 9.56. The van der Waals surface area contributed by atoms with Crippen molar-refractivity contribution in [3.05, 3.63) is 23.4 Å². The normalized spacial score (nSPS) is 16.9. The first-order valence-corrected chi connectivity index (χ1v) is 5.71.